The van der Waals surface area contributed by atoms with Gasteiger partial charge in [-0.25, -0.2) is 0 Å². The number of nitrogens with zero attached hydrogens (tertiary/aromatic N) is 1. The predicted molar refractivity (Wildman–Crippen MR) is 137 cm³/mol. The van der Waals surface area contributed by atoms with Crippen LogP contribution in [0.15, 0.2) is 77.0 Å². The largest absolute Gasteiger partial charge is 0.469 e. The van der Waals surface area contributed by atoms with Gasteiger partial charge in [0.15, 0.2) is 5.83 Å². The van der Waals surface area contributed by atoms with Gasteiger partial charge in [-0.1, -0.05) is 55.5 Å². The number of carbonyl (C=O) groups is 1. The number of rotatable bonds is 9. The minimum Gasteiger partial charge on any atom is -0.469 e. The smallest absolute Gasteiger partial charge is 0.311 e. The first-order valence-corrected chi connectivity index (χ1v) is 12.0. The van der Waals surface area contributed by atoms with Gasteiger partial charge >= 0.3 is 5.97 Å². The summed E-state index contributed by atoms with van der Waals surface area (Å²) in [6, 6.07) is 18.4. The third kappa shape index (κ3) is 5.55. The van der Waals surface area contributed by atoms with Crippen LogP contribution in [-0.4, -0.2) is 37.6 Å². The third-order valence-electron chi connectivity index (χ3n) is 6.57. The van der Waals surface area contributed by atoms with E-state index in [1.54, 1.807) is 6.08 Å². The maximum absolute atomic E-state index is 14.6. The first kappa shape index (κ1) is 24.5. The average Bonchev–Trinajstić information content (AvgIpc) is 3.28. The molecule has 0 aliphatic carbocycles. The minimum absolute atomic E-state index is 0.0482. The number of ether oxygens (including phenoxy) is 1. The van der Waals surface area contributed by atoms with Gasteiger partial charge < -0.3 is 14.1 Å². The van der Waals surface area contributed by atoms with E-state index in [2.05, 4.69) is 54.1 Å². The van der Waals surface area contributed by atoms with Crippen molar-refractivity contribution in [1.82, 2.24) is 4.90 Å². The van der Waals surface area contributed by atoms with Crippen molar-refractivity contribution in [3.63, 3.8) is 0 Å². The molecule has 0 spiro atoms. The number of halogens is 1. The molecule has 2 heterocycles. The third-order valence-corrected chi connectivity index (χ3v) is 6.57. The van der Waals surface area contributed by atoms with Gasteiger partial charge in [-0.2, -0.15) is 4.39 Å². The highest BCUT2D eigenvalue weighted by Crippen LogP contribution is 2.33. The Balaban J connectivity index is 1.49. The molecule has 1 atom stereocenters. The maximum atomic E-state index is 14.6. The Morgan fingerprint density at radius 3 is 2.69 bits per heavy atom. The quantitative estimate of drug-likeness (QED) is 0.207. The van der Waals surface area contributed by atoms with Crippen LogP contribution in [0, 0.1) is 18.3 Å². The number of furan rings is 1. The summed E-state index contributed by atoms with van der Waals surface area (Å²) in [6.45, 7) is 4.33. The van der Waals surface area contributed by atoms with Gasteiger partial charge in [0, 0.05) is 30.9 Å². The lowest BCUT2D eigenvalue weighted by Crippen LogP contribution is -2.50. The van der Waals surface area contributed by atoms with E-state index >= 15 is 0 Å². The van der Waals surface area contributed by atoms with Crippen molar-refractivity contribution in [3.05, 3.63) is 89.5 Å². The summed E-state index contributed by atoms with van der Waals surface area (Å²) < 4.78 is 25.4. The first-order valence-electron chi connectivity index (χ1n) is 12.0. The van der Waals surface area contributed by atoms with Gasteiger partial charge in [0.1, 0.15) is 11.3 Å². The summed E-state index contributed by atoms with van der Waals surface area (Å²) in [4.78, 5) is 13.7. The van der Waals surface area contributed by atoms with Crippen LogP contribution in [0.5, 0.6) is 0 Å². The van der Waals surface area contributed by atoms with Gasteiger partial charge in [0.2, 0.25) is 0 Å². The molecule has 4 rings (SSSR count). The molecule has 1 aliphatic rings. The summed E-state index contributed by atoms with van der Waals surface area (Å²) in [6.07, 6.45) is 10.6. The number of methoxy groups -OCH3 is 1. The second-order valence-electron chi connectivity index (χ2n) is 8.82. The molecule has 0 saturated carbocycles. The van der Waals surface area contributed by atoms with Gasteiger partial charge in [-0.15, -0.1) is 6.42 Å². The van der Waals surface area contributed by atoms with Gasteiger partial charge in [0.25, 0.3) is 0 Å². The van der Waals surface area contributed by atoms with Crippen molar-refractivity contribution >= 4 is 22.5 Å². The zero-order valence-electron chi connectivity index (χ0n) is 20.2. The fourth-order valence-electron chi connectivity index (χ4n) is 4.63. The highest BCUT2D eigenvalue weighted by molar-refractivity contribution is 5.86. The normalized spacial score (nSPS) is 16.1. The van der Waals surface area contributed by atoms with Crippen molar-refractivity contribution in [1.29, 1.82) is 0 Å². The Morgan fingerprint density at radius 2 is 2.00 bits per heavy atom. The monoisotopic (exact) mass is 471 g/mol. The van der Waals surface area contributed by atoms with E-state index in [1.165, 1.54) is 18.2 Å². The van der Waals surface area contributed by atoms with Crippen LogP contribution in [0.1, 0.15) is 42.6 Å². The molecule has 1 aliphatic heterocycles. The molecular formula is C30H30FNO3. The second kappa shape index (κ2) is 11.2. The predicted octanol–water partition coefficient (Wildman–Crippen LogP) is 6.34. The zero-order valence-corrected chi connectivity index (χ0v) is 20.2. The summed E-state index contributed by atoms with van der Waals surface area (Å²) >= 11 is 0. The summed E-state index contributed by atoms with van der Waals surface area (Å²) in [5.74, 6) is 1.91. The van der Waals surface area contributed by atoms with Crippen molar-refractivity contribution in [2.24, 2.45) is 5.92 Å². The number of terminal acetylenes is 1. The Morgan fingerprint density at radius 1 is 1.23 bits per heavy atom. The van der Waals surface area contributed by atoms with Crippen LogP contribution in [0.3, 0.4) is 0 Å². The molecule has 180 valence electrons. The molecular weight excluding hydrogens is 441 g/mol. The van der Waals surface area contributed by atoms with E-state index in [-0.39, 0.29) is 23.4 Å². The number of likely N-dealkylation sites (tertiary alicyclic amines) is 1. The number of esters is 1. The van der Waals surface area contributed by atoms with Gasteiger partial charge in [-0.05, 0) is 48.1 Å². The second-order valence-corrected chi connectivity index (χ2v) is 8.82. The zero-order chi connectivity index (χ0) is 24.8. The Kier molecular flexibility index (Phi) is 7.84. The summed E-state index contributed by atoms with van der Waals surface area (Å²) in [5, 5.41) is 0.914. The van der Waals surface area contributed by atoms with Gasteiger partial charge in [-0.3, -0.25) is 4.79 Å². The number of hydrogen-bond donors (Lipinski definition) is 0. The fourth-order valence-corrected chi connectivity index (χ4v) is 4.63. The standard InChI is InChI=1S/C30H30FNO3/c1-4-25(21-11-7-6-8-12-21)22-14-15-28-23(17-22)18-29(35-28)26(27(31)5-2)13-9-10-16-32-19-24(20-32)30(33)34-3/h2,6-9,11-15,17-18,24-25H,4,10,16,19-20H2,1,3H3/b13-9-,27-26-. The molecule has 1 unspecified atom stereocenters. The fraction of sp³-hybridized carbons (Fsp3) is 0.300. The number of carbonyl (C=O) groups excluding carboxylic acids is 1. The highest BCUT2D eigenvalue weighted by atomic mass is 19.1. The Bertz CT molecular complexity index is 1280. The molecule has 5 heteroatoms. The topological polar surface area (TPSA) is 42.7 Å². The number of allylic oxidation sites excluding steroid dienone is 3. The Hall–Kier alpha value is -3.62. The molecule has 1 saturated heterocycles. The van der Waals surface area contributed by atoms with Crippen molar-refractivity contribution in [3.8, 4) is 12.3 Å². The Labute approximate surface area is 206 Å². The SMILES string of the molecule is C#C/C(F)=C(\C=C/CCN1CC(C(=O)OC)C1)c1cc2cc(C(CC)c3ccccc3)ccc2o1. The van der Waals surface area contributed by atoms with E-state index < -0.39 is 5.83 Å². The molecule has 0 amide bonds. The van der Waals surface area contributed by atoms with Crippen LogP contribution in [0.4, 0.5) is 4.39 Å². The van der Waals surface area contributed by atoms with E-state index in [0.29, 0.717) is 30.9 Å². The summed E-state index contributed by atoms with van der Waals surface area (Å²) in [5.41, 5.74) is 3.41. The van der Waals surface area contributed by atoms with E-state index in [0.717, 1.165) is 18.4 Å². The molecule has 4 nitrogen and oxygen atoms in total. The van der Waals surface area contributed by atoms with E-state index in [1.807, 2.05) is 24.3 Å². The van der Waals surface area contributed by atoms with Crippen LogP contribution < -0.4 is 0 Å². The average molecular weight is 472 g/mol. The van der Waals surface area contributed by atoms with Crippen LogP contribution >= 0.6 is 0 Å². The van der Waals surface area contributed by atoms with Crippen LogP contribution in [-0.2, 0) is 9.53 Å². The lowest BCUT2D eigenvalue weighted by atomic mass is 9.89. The maximum Gasteiger partial charge on any atom is 0.311 e. The highest BCUT2D eigenvalue weighted by Gasteiger charge is 2.32. The van der Waals surface area contributed by atoms with Crippen molar-refractivity contribution in [2.45, 2.75) is 25.7 Å². The number of fused-ring (bicyclic) bond motifs is 1. The molecule has 3 aromatic rings. The van der Waals surface area contributed by atoms with Crippen LogP contribution in [0.2, 0.25) is 0 Å². The van der Waals surface area contributed by atoms with Crippen molar-refractivity contribution in [2.75, 3.05) is 26.7 Å². The number of hydrogen-bond acceptors (Lipinski definition) is 4. The molecule has 0 N–H and O–H groups in total. The molecule has 35 heavy (non-hydrogen) atoms. The molecule has 1 fully saturated rings. The van der Waals surface area contributed by atoms with Crippen molar-refractivity contribution < 1.29 is 18.3 Å². The molecule has 2 aromatic carbocycles. The van der Waals surface area contributed by atoms with Gasteiger partial charge in [0.05, 0.1) is 18.6 Å². The molecule has 0 radical (unpaired) electrons. The van der Waals surface area contributed by atoms with E-state index in [4.69, 9.17) is 15.6 Å². The molecule has 1 aromatic heterocycles. The van der Waals surface area contributed by atoms with Crippen LogP contribution in [0.25, 0.3) is 16.5 Å². The number of benzene rings is 2. The summed E-state index contributed by atoms with van der Waals surface area (Å²) in [7, 11) is 1.41. The lowest BCUT2D eigenvalue weighted by molar-refractivity contribution is -0.151. The minimum atomic E-state index is -0.661. The molecule has 0 bridgehead atoms. The first-order chi connectivity index (χ1) is 17.0. The lowest BCUT2D eigenvalue weighted by Gasteiger charge is -2.37. The van der Waals surface area contributed by atoms with E-state index in [9.17, 15) is 9.18 Å².